The van der Waals surface area contributed by atoms with E-state index in [0.717, 1.165) is 28.5 Å². The Morgan fingerprint density at radius 2 is 2.11 bits per heavy atom. The number of imidazole rings is 1. The van der Waals surface area contributed by atoms with Crippen LogP contribution < -0.4 is 5.73 Å². The van der Waals surface area contributed by atoms with Crippen LogP contribution in [0.3, 0.4) is 0 Å². The molecule has 19 heavy (non-hydrogen) atoms. The van der Waals surface area contributed by atoms with Gasteiger partial charge in [0.2, 0.25) is 5.95 Å². The number of aryl methyl sites for hydroxylation is 1. The van der Waals surface area contributed by atoms with Crippen molar-refractivity contribution in [1.82, 2.24) is 9.55 Å². The van der Waals surface area contributed by atoms with Gasteiger partial charge < -0.3 is 10.3 Å². The fraction of sp³-hybridized carbons (Fsp3) is 0.533. The molecule has 1 aliphatic rings. The van der Waals surface area contributed by atoms with Gasteiger partial charge in [0.1, 0.15) is 0 Å². The van der Waals surface area contributed by atoms with Crippen LogP contribution in [0.25, 0.3) is 11.0 Å². The fourth-order valence-corrected chi connectivity index (χ4v) is 3.35. The van der Waals surface area contributed by atoms with Gasteiger partial charge >= 0.3 is 0 Å². The van der Waals surface area contributed by atoms with E-state index >= 15 is 0 Å². The summed E-state index contributed by atoms with van der Waals surface area (Å²) >= 11 is 6.06. The Bertz CT molecular complexity index is 570. The number of anilines is 1. The van der Waals surface area contributed by atoms with Gasteiger partial charge in [-0.25, -0.2) is 4.98 Å². The standard InChI is InChI=1S/C15H20ClN3/c16-12-7-8-13-14(10-12)19(15(17)18-13)9-3-6-11-4-1-2-5-11/h7-8,10-11H,1-6,9H2,(H2,17,18). The lowest BCUT2D eigenvalue weighted by atomic mass is 10.0. The molecule has 1 heterocycles. The van der Waals surface area contributed by atoms with E-state index < -0.39 is 0 Å². The molecule has 0 radical (unpaired) electrons. The van der Waals surface area contributed by atoms with E-state index in [-0.39, 0.29) is 0 Å². The molecule has 0 atom stereocenters. The molecule has 1 saturated carbocycles. The Balaban J connectivity index is 1.72. The van der Waals surface area contributed by atoms with Gasteiger partial charge in [-0.05, 0) is 37.0 Å². The van der Waals surface area contributed by atoms with Gasteiger partial charge in [-0.2, -0.15) is 0 Å². The Hall–Kier alpha value is -1.22. The maximum absolute atomic E-state index is 6.06. The first kappa shape index (κ1) is 12.8. The number of nitrogens with zero attached hydrogens (tertiary/aromatic N) is 2. The molecule has 0 unspecified atom stereocenters. The van der Waals surface area contributed by atoms with E-state index in [1.165, 1.54) is 38.5 Å². The summed E-state index contributed by atoms with van der Waals surface area (Å²) in [4.78, 5) is 4.39. The highest BCUT2D eigenvalue weighted by Crippen LogP contribution is 2.29. The van der Waals surface area contributed by atoms with E-state index in [1.807, 2.05) is 18.2 Å². The smallest absolute Gasteiger partial charge is 0.201 e. The van der Waals surface area contributed by atoms with E-state index in [1.54, 1.807) is 0 Å². The van der Waals surface area contributed by atoms with Crippen LogP contribution in [-0.2, 0) is 6.54 Å². The topological polar surface area (TPSA) is 43.8 Å². The highest BCUT2D eigenvalue weighted by molar-refractivity contribution is 6.31. The van der Waals surface area contributed by atoms with Gasteiger partial charge in [0.25, 0.3) is 0 Å². The van der Waals surface area contributed by atoms with Crippen molar-refractivity contribution >= 4 is 28.6 Å². The van der Waals surface area contributed by atoms with Gasteiger partial charge in [-0.15, -0.1) is 0 Å². The lowest BCUT2D eigenvalue weighted by molar-refractivity contribution is 0.462. The van der Waals surface area contributed by atoms with Crippen molar-refractivity contribution in [3.05, 3.63) is 23.2 Å². The lowest BCUT2D eigenvalue weighted by Crippen LogP contribution is -2.05. The lowest BCUT2D eigenvalue weighted by Gasteiger charge is -2.10. The molecular formula is C15H20ClN3. The van der Waals surface area contributed by atoms with Gasteiger partial charge in [0.05, 0.1) is 11.0 Å². The number of benzene rings is 1. The summed E-state index contributed by atoms with van der Waals surface area (Å²) in [6.07, 6.45) is 8.12. The molecule has 4 heteroatoms. The summed E-state index contributed by atoms with van der Waals surface area (Å²) in [6.45, 7) is 0.944. The second-order valence-electron chi connectivity index (χ2n) is 5.55. The zero-order valence-corrected chi connectivity index (χ0v) is 11.9. The second kappa shape index (κ2) is 5.41. The van der Waals surface area contributed by atoms with Crippen LogP contribution in [0.15, 0.2) is 18.2 Å². The average Bonchev–Trinajstić information content (AvgIpc) is 2.99. The van der Waals surface area contributed by atoms with Crippen LogP contribution in [-0.4, -0.2) is 9.55 Å². The molecule has 2 aromatic rings. The molecule has 3 nitrogen and oxygen atoms in total. The minimum Gasteiger partial charge on any atom is -0.369 e. The maximum atomic E-state index is 6.06. The summed E-state index contributed by atoms with van der Waals surface area (Å²) in [5.74, 6) is 1.53. The number of nitrogen functional groups attached to an aromatic ring is 1. The third-order valence-electron chi connectivity index (χ3n) is 4.21. The Labute approximate surface area is 118 Å². The summed E-state index contributed by atoms with van der Waals surface area (Å²) in [7, 11) is 0. The number of hydrogen-bond acceptors (Lipinski definition) is 2. The molecular weight excluding hydrogens is 258 g/mol. The predicted molar refractivity (Wildman–Crippen MR) is 80.3 cm³/mol. The highest BCUT2D eigenvalue weighted by Gasteiger charge is 2.15. The molecule has 1 fully saturated rings. The first-order valence-corrected chi connectivity index (χ1v) is 7.53. The molecule has 102 valence electrons. The van der Waals surface area contributed by atoms with Gasteiger partial charge in [-0.3, -0.25) is 0 Å². The highest BCUT2D eigenvalue weighted by atomic mass is 35.5. The van der Waals surface area contributed by atoms with Crippen LogP contribution in [0.4, 0.5) is 5.95 Å². The van der Waals surface area contributed by atoms with Gasteiger partial charge in [0.15, 0.2) is 0 Å². The summed E-state index contributed by atoms with van der Waals surface area (Å²) < 4.78 is 2.09. The monoisotopic (exact) mass is 277 g/mol. The van der Waals surface area contributed by atoms with E-state index in [4.69, 9.17) is 17.3 Å². The average molecular weight is 278 g/mol. The number of hydrogen-bond donors (Lipinski definition) is 1. The molecule has 0 amide bonds. The minimum absolute atomic E-state index is 0.601. The zero-order chi connectivity index (χ0) is 13.2. The first-order valence-electron chi connectivity index (χ1n) is 7.15. The predicted octanol–water partition coefficient (Wildman–Crippen LogP) is 4.24. The fourth-order valence-electron chi connectivity index (χ4n) is 3.19. The number of nitrogens with two attached hydrogens (primary N) is 1. The van der Waals surface area contributed by atoms with Crippen LogP contribution in [0, 0.1) is 5.92 Å². The van der Waals surface area contributed by atoms with Crippen molar-refractivity contribution < 1.29 is 0 Å². The number of halogens is 1. The summed E-state index contributed by atoms with van der Waals surface area (Å²) in [5.41, 5.74) is 7.99. The largest absolute Gasteiger partial charge is 0.369 e. The van der Waals surface area contributed by atoms with Crippen molar-refractivity contribution in [1.29, 1.82) is 0 Å². The molecule has 1 aromatic heterocycles. The molecule has 0 spiro atoms. The number of rotatable bonds is 4. The molecule has 0 saturated heterocycles. The van der Waals surface area contributed by atoms with Crippen molar-refractivity contribution in [3.8, 4) is 0 Å². The van der Waals surface area contributed by atoms with E-state index in [9.17, 15) is 0 Å². The minimum atomic E-state index is 0.601. The maximum Gasteiger partial charge on any atom is 0.201 e. The molecule has 0 bridgehead atoms. The summed E-state index contributed by atoms with van der Waals surface area (Å²) in [6, 6.07) is 5.75. The zero-order valence-electron chi connectivity index (χ0n) is 11.1. The van der Waals surface area contributed by atoms with Crippen molar-refractivity contribution in [3.63, 3.8) is 0 Å². The van der Waals surface area contributed by atoms with E-state index in [0.29, 0.717) is 5.95 Å². The quantitative estimate of drug-likeness (QED) is 0.908. The molecule has 1 aromatic carbocycles. The third kappa shape index (κ3) is 2.71. The van der Waals surface area contributed by atoms with E-state index in [2.05, 4.69) is 9.55 Å². The Morgan fingerprint density at radius 3 is 2.89 bits per heavy atom. The number of aromatic nitrogens is 2. The second-order valence-corrected chi connectivity index (χ2v) is 5.98. The van der Waals surface area contributed by atoms with Crippen molar-refractivity contribution in [2.45, 2.75) is 45.1 Å². The van der Waals surface area contributed by atoms with Crippen LogP contribution in [0.5, 0.6) is 0 Å². The summed E-state index contributed by atoms with van der Waals surface area (Å²) in [5, 5.41) is 0.740. The normalized spacial score (nSPS) is 16.5. The van der Waals surface area contributed by atoms with Crippen LogP contribution >= 0.6 is 11.6 Å². The first-order chi connectivity index (χ1) is 9.24. The SMILES string of the molecule is Nc1nc2ccc(Cl)cc2n1CCCC1CCCC1. The van der Waals surface area contributed by atoms with Crippen molar-refractivity contribution in [2.75, 3.05) is 5.73 Å². The Morgan fingerprint density at radius 1 is 1.32 bits per heavy atom. The van der Waals surface area contributed by atoms with Crippen molar-refractivity contribution in [2.24, 2.45) is 5.92 Å². The molecule has 0 aliphatic heterocycles. The van der Waals surface area contributed by atoms with Gasteiger partial charge in [0, 0.05) is 11.6 Å². The van der Waals surface area contributed by atoms with Crippen LogP contribution in [0.2, 0.25) is 5.02 Å². The third-order valence-corrected chi connectivity index (χ3v) is 4.44. The van der Waals surface area contributed by atoms with Crippen LogP contribution in [0.1, 0.15) is 38.5 Å². The van der Waals surface area contributed by atoms with Gasteiger partial charge in [-0.1, -0.05) is 37.3 Å². The number of fused-ring (bicyclic) bond motifs is 1. The molecule has 2 N–H and O–H groups in total. The Kier molecular flexibility index (Phi) is 3.65. The molecule has 1 aliphatic carbocycles. The molecule has 3 rings (SSSR count).